The van der Waals surface area contributed by atoms with E-state index in [4.69, 9.17) is 5.11 Å². The maximum atomic E-state index is 12.7. The molecule has 1 N–H and O–H groups in total. The molecule has 0 spiro atoms. The first-order chi connectivity index (χ1) is 12.7. The molecular formula is C19H14F3NO4. The van der Waals surface area contributed by atoms with Crippen LogP contribution >= 0.6 is 0 Å². The standard InChI is InChI=1S/C19H14F3NO4/c20-19(21,22)12-7-5-11(6-8-12)10-23-17(26)14-4-2-1-3-13(14)15(18(23)27)9-16(24)25/h1-8,15H,9-10H2,(H,24,25). The Kier molecular flexibility index (Phi) is 4.73. The van der Waals surface area contributed by atoms with Crippen molar-refractivity contribution in [2.75, 3.05) is 0 Å². The van der Waals surface area contributed by atoms with Gasteiger partial charge in [0.15, 0.2) is 0 Å². The van der Waals surface area contributed by atoms with Crippen molar-refractivity contribution in [2.45, 2.75) is 25.1 Å². The van der Waals surface area contributed by atoms with E-state index in [1.54, 1.807) is 12.1 Å². The van der Waals surface area contributed by atoms with Crippen LogP contribution in [0.1, 0.15) is 39.4 Å². The molecule has 0 saturated carbocycles. The van der Waals surface area contributed by atoms with Gasteiger partial charge in [-0.25, -0.2) is 0 Å². The van der Waals surface area contributed by atoms with Crippen LogP contribution < -0.4 is 0 Å². The van der Waals surface area contributed by atoms with E-state index in [2.05, 4.69) is 0 Å². The number of carboxylic acid groups (broad SMARTS) is 1. The molecule has 1 aliphatic heterocycles. The van der Waals surface area contributed by atoms with Crippen LogP contribution in [0.3, 0.4) is 0 Å². The summed E-state index contributed by atoms with van der Waals surface area (Å²) in [6, 6.07) is 10.4. The SMILES string of the molecule is O=C(O)CC1C(=O)N(Cc2ccc(C(F)(F)F)cc2)C(=O)c2ccccc21. The van der Waals surface area contributed by atoms with Crippen molar-refractivity contribution in [3.63, 3.8) is 0 Å². The van der Waals surface area contributed by atoms with E-state index < -0.39 is 41.9 Å². The van der Waals surface area contributed by atoms with Crippen LogP contribution in [0, 0.1) is 0 Å². The topological polar surface area (TPSA) is 74.7 Å². The second-order valence-electron chi connectivity index (χ2n) is 6.16. The minimum atomic E-state index is -4.49. The number of carbonyl (C=O) groups is 3. The van der Waals surface area contributed by atoms with E-state index in [1.165, 1.54) is 24.3 Å². The number of benzene rings is 2. The Morgan fingerprint density at radius 1 is 1.04 bits per heavy atom. The average molecular weight is 377 g/mol. The zero-order valence-corrected chi connectivity index (χ0v) is 13.9. The molecule has 0 radical (unpaired) electrons. The van der Waals surface area contributed by atoms with E-state index in [0.29, 0.717) is 11.1 Å². The number of halogens is 3. The molecule has 5 nitrogen and oxygen atoms in total. The van der Waals surface area contributed by atoms with Crippen molar-refractivity contribution in [2.24, 2.45) is 0 Å². The third kappa shape index (κ3) is 3.69. The minimum absolute atomic E-state index is 0.218. The highest BCUT2D eigenvalue weighted by molar-refractivity contribution is 6.12. The number of fused-ring (bicyclic) bond motifs is 1. The Balaban J connectivity index is 1.92. The maximum Gasteiger partial charge on any atom is 0.416 e. The first-order valence-electron chi connectivity index (χ1n) is 8.01. The Hall–Kier alpha value is -3.16. The predicted octanol–water partition coefficient (Wildman–Crippen LogP) is 3.45. The molecule has 0 aliphatic carbocycles. The fourth-order valence-corrected chi connectivity index (χ4v) is 3.07. The van der Waals surface area contributed by atoms with Crippen molar-refractivity contribution >= 4 is 17.8 Å². The number of imide groups is 1. The molecule has 1 unspecified atom stereocenters. The number of carboxylic acids is 1. The zero-order valence-electron chi connectivity index (χ0n) is 13.9. The number of amides is 2. The van der Waals surface area contributed by atoms with Gasteiger partial charge in [0.25, 0.3) is 5.91 Å². The highest BCUT2D eigenvalue weighted by atomic mass is 19.4. The van der Waals surface area contributed by atoms with Crippen LogP contribution in [0.5, 0.6) is 0 Å². The lowest BCUT2D eigenvalue weighted by atomic mass is 9.86. The number of hydrogen-bond donors (Lipinski definition) is 1. The lowest BCUT2D eigenvalue weighted by Gasteiger charge is -2.32. The summed E-state index contributed by atoms with van der Waals surface area (Å²) in [5.41, 5.74) is 0.0589. The highest BCUT2D eigenvalue weighted by Crippen LogP contribution is 2.33. The van der Waals surface area contributed by atoms with Gasteiger partial charge in [-0.3, -0.25) is 19.3 Å². The number of nitrogens with zero attached hydrogens (tertiary/aromatic N) is 1. The van der Waals surface area contributed by atoms with Crippen LogP contribution in [0.4, 0.5) is 13.2 Å². The number of rotatable bonds is 4. The molecule has 0 fully saturated rings. The third-order valence-corrected chi connectivity index (χ3v) is 4.38. The summed E-state index contributed by atoms with van der Waals surface area (Å²) >= 11 is 0. The van der Waals surface area contributed by atoms with Crippen molar-refractivity contribution in [1.82, 2.24) is 4.90 Å². The molecule has 1 heterocycles. The lowest BCUT2D eigenvalue weighted by Crippen LogP contribution is -2.44. The van der Waals surface area contributed by atoms with E-state index in [0.717, 1.165) is 17.0 Å². The zero-order chi connectivity index (χ0) is 19.8. The molecule has 2 aromatic carbocycles. The van der Waals surface area contributed by atoms with Crippen molar-refractivity contribution in [3.8, 4) is 0 Å². The summed E-state index contributed by atoms with van der Waals surface area (Å²) in [6.07, 6.45) is -4.96. The van der Waals surface area contributed by atoms with Crippen LogP contribution in [0.15, 0.2) is 48.5 Å². The second-order valence-corrected chi connectivity index (χ2v) is 6.16. The quantitative estimate of drug-likeness (QED) is 0.829. The minimum Gasteiger partial charge on any atom is -0.481 e. The summed E-state index contributed by atoms with van der Waals surface area (Å²) in [4.78, 5) is 37.4. The smallest absolute Gasteiger partial charge is 0.416 e. The van der Waals surface area contributed by atoms with Gasteiger partial charge in [-0.15, -0.1) is 0 Å². The van der Waals surface area contributed by atoms with Gasteiger partial charge < -0.3 is 5.11 Å². The predicted molar refractivity (Wildman–Crippen MR) is 87.8 cm³/mol. The molecule has 0 saturated heterocycles. The van der Waals surface area contributed by atoms with E-state index in [-0.39, 0.29) is 12.1 Å². The van der Waals surface area contributed by atoms with Gasteiger partial charge in [0.05, 0.1) is 24.4 Å². The highest BCUT2D eigenvalue weighted by Gasteiger charge is 2.39. The summed E-state index contributed by atoms with van der Waals surface area (Å²) in [7, 11) is 0. The number of alkyl halides is 3. The second kappa shape index (κ2) is 6.86. The third-order valence-electron chi connectivity index (χ3n) is 4.38. The van der Waals surface area contributed by atoms with E-state index >= 15 is 0 Å². The average Bonchev–Trinajstić information content (AvgIpc) is 2.62. The molecule has 3 rings (SSSR count). The Morgan fingerprint density at radius 3 is 2.26 bits per heavy atom. The summed E-state index contributed by atoms with van der Waals surface area (Å²) in [6.45, 7) is -0.236. The first-order valence-corrected chi connectivity index (χ1v) is 8.01. The Labute approximate surface area is 152 Å². The van der Waals surface area contributed by atoms with Gasteiger partial charge >= 0.3 is 12.1 Å². The van der Waals surface area contributed by atoms with Crippen molar-refractivity contribution in [3.05, 3.63) is 70.8 Å². The fourth-order valence-electron chi connectivity index (χ4n) is 3.07. The van der Waals surface area contributed by atoms with Crippen LogP contribution in [0.25, 0.3) is 0 Å². The normalized spacial score (nSPS) is 17.0. The van der Waals surface area contributed by atoms with Gasteiger partial charge in [-0.1, -0.05) is 30.3 Å². The van der Waals surface area contributed by atoms with Crippen molar-refractivity contribution < 1.29 is 32.7 Å². The molecular weight excluding hydrogens is 363 g/mol. The molecule has 27 heavy (non-hydrogen) atoms. The summed E-state index contributed by atoms with van der Waals surface area (Å²) < 4.78 is 38.0. The fraction of sp³-hybridized carbons (Fsp3) is 0.211. The molecule has 8 heteroatoms. The monoisotopic (exact) mass is 377 g/mol. The lowest BCUT2D eigenvalue weighted by molar-refractivity contribution is -0.141. The summed E-state index contributed by atoms with van der Waals surface area (Å²) in [5, 5.41) is 9.10. The number of aliphatic carboxylic acids is 1. The van der Waals surface area contributed by atoms with Gasteiger partial charge in [0, 0.05) is 5.56 Å². The van der Waals surface area contributed by atoms with Crippen LogP contribution in [-0.2, 0) is 22.3 Å². The number of carbonyl (C=O) groups excluding carboxylic acids is 2. The number of hydrogen-bond acceptors (Lipinski definition) is 3. The molecule has 2 amide bonds. The van der Waals surface area contributed by atoms with Gasteiger partial charge in [-0.2, -0.15) is 13.2 Å². The Morgan fingerprint density at radius 2 is 1.67 bits per heavy atom. The van der Waals surface area contributed by atoms with Crippen LogP contribution in [-0.4, -0.2) is 27.8 Å². The van der Waals surface area contributed by atoms with Crippen LogP contribution in [0.2, 0.25) is 0 Å². The summed E-state index contributed by atoms with van der Waals surface area (Å²) in [5.74, 6) is -3.49. The molecule has 140 valence electrons. The van der Waals surface area contributed by atoms with E-state index in [9.17, 15) is 27.6 Å². The molecule has 2 aromatic rings. The molecule has 1 aliphatic rings. The van der Waals surface area contributed by atoms with Gasteiger partial charge in [0.1, 0.15) is 0 Å². The Bertz CT molecular complexity index is 906. The first kappa shape index (κ1) is 18.6. The molecule has 0 bridgehead atoms. The molecule has 0 aromatic heterocycles. The largest absolute Gasteiger partial charge is 0.481 e. The maximum absolute atomic E-state index is 12.7. The van der Waals surface area contributed by atoms with Gasteiger partial charge in [0.2, 0.25) is 5.91 Å². The van der Waals surface area contributed by atoms with E-state index in [1.807, 2.05) is 0 Å². The molecule has 1 atom stereocenters. The van der Waals surface area contributed by atoms with Crippen molar-refractivity contribution in [1.29, 1.82) is 0 Å². The van der Waals surface area contributed by atoms with Gasteiger partial charge in [-0.05, 0) is 29.3 Å².